The Kier molecular flexibility index (Phi) is 5.60. The molecule has 0 aliphatic carbocycles. The molecule has 0 N–H and O–H groups in total. The van der Waals surface area contributed by atoms with Gasteiger partial charge >= 0.3 is 0 Å². The summed E-state index contributed by atoms with van der Waals surface area (Å²) in [7, 11) is 1.94. The summed E-state index contributed by atoms with van der Waals surface area (Å²) in [6, 6.07) is 0. The minimum absolute atomic E-state index is 0.0567. The number of hydrogen-bond donors (Lipinski definition) is 0. The maximum absolute atomic E-state index is 12.9. The maximum Gasteiger partial charge on any atom is 0.225 e. The van der Waals surface area contributed by atoms with Crippen molar-refractivity contribution in [3.8, 4) is 11.5 Å². The van der Waals surface area contributed by atoms with E-state index in [4.69, 9.17) is 0 Å². The summed E-state index contributed by atoms with van der Waals surface area (Å²) >= 11 is 0. The van der Waals surface area contributed by atoms with E-state index in [9.17, 15) is 9.59 Å². The van der Waals surface area contributed by atoms with E-state index in [1.807, 2.05) is 33.8 Å². The van der Waals surface area contributed by atoms with Crippen LogP contribution in [0.25, 0.3) is 11.5 Å². The number of piperidine rings is 1. The van der Waals surface area contributed by atoms with Crippen molar-refractivity contribution in [1.82, 2.24) is 29.3 Å². The Bertz CT molecular complexity index is 870. The first-order valence-corrected chi connectivity index (χ1v) is 10.3. The topological polar surface area (TPSA) is 84.2 Å². The van der Waals surface area contributed by atoms with Gasteiger partial charge in [-0.25, -0.2) is 9.97 Å². The zero-order valence-electron chi connectivity index (χ0n) is 17.1. The Balaban J connectivity index is 1.29. The first-order chi connectivity index (χ1) is 14.0. The molecule has 4 heterocycles. The predicted molar refractivity (Wildman–Crippen MR) is 108 cm³/mol. The quantitative estimate of drug-likeness (QED) is 0.782. The van der Waals surface area contributed by atoms with Crippen LogP contribution in [0.1, 0.15) is 31.9 Å². The average Bonchev–Trinajstić information content (AvgIpc) is 3.37. The van der Waals surface area contributed by atoms with Crippen molar-refractivity contribution in [2.45, 2.75) is 32.6 Å². The second kappa shape index (κ2) is 8.31. The zero-order chi connectivity index (χ0) is 20.4. The molecular weight excluding hydrogens is 368 g/mol. The van der Waals surface area contributed by atoms with E-state index in [1.54, 1.807) is 19.3 Å². The highest BCUT2D eigenvalue weighted by atomic mass is 16.2. The summed E-state index contributed by atoms with van der Waals surface area (Å²) in [5.74, 6) is 1.64. The number of rotatable bonds is 4. The molecule has 2 fully saturated rings. The molecule has 2 aromatic rings. The molecule has 1 atom stereocenters. The van der Waals surface area contributed by atoms with Crippen LogP contribution in [0.5, 0.6) is 0 Å². The van der Waals surface area contributed by atoms with Gasteiger partial charge in [-0.2, -0.15) is 0 Å². The van der Waals surface area contributed by atoms with Crippen LogP contribution in [0.2, 0.25) is 0 Å². The molecule has 8 nitrogen and oxygen atoms in total. The summed E-state index contributed by atoms with van der Waals surface area (Å²) in [5, 5.41) is 0. The molecule has 0 spiro atoms. The Morgan fingerprint density at radius 1 is 1.03 bits per heavy atom. The Labute approximate surface area is 171 Å². The minimum atomic E-state index is 0.0567. The van der Waals surface area contributed by atoms with Crippen LogP contribution in [0.15, 0.2) is 24.8 Å². The SMILES string of the molecule is CC(=O)N1CCC(C(=O)N2CC[C@@H](Cc3cnc(-c4nccn4C)cn3)C2)CC1. The molecule has 29 heavy (non-hydrogen) atoms. The van der Waals surface area contributed by atoms with Gasteiger partial charge in [0, 0.05) is 64.7 Å². The van der Waals surface area contributed by atoms with E-state index >= 15 is 0 Å². The molecule has 2 aliphatic rings. The molecule has 0 unspecified atom stereocenters. The van der Waals surface area contributed by atoms with Crippen LogP contribution in [-0.2, 0) is 23.1 Å². The summed E-state index contributed by atoms with van der Waals surface area (Å²) in [5.41, 5.74) is 1.72. The molecule has 0 radical (unpaired) electrons. The zero-order valence-corrected chi connectivity index (χ0v) is 17.1. The first kappa shape index (κ1) is 19.5. The van der Waals surface area contributed by atoms with Crippen LogP contribution in [-0.4, -0.2) is 67.3 Å². The fourth-order valence-electron chi connectivity index (χ4n) is 4.38. The van der Waals surface area contributed by atoms with Crippen LogP contribution < -0.4 is 0 Å². The Hall–Kier alpha value is -2.77. The van der Waals surface area contributed by atoms with Crippen molar-refractivity contribution in [2.24, 2.45) is 18.9 Å². The summed E-state index contributed by atoms with van der Waals surface area (Å²) in [6.45, 7) is 4.59. The van der Waals surface area contributed by atoms with Crippen LogP contribution in [0.4, 0.5) is 0 Å². The van der Waals surface area contributed by atoms with E-state index in [0.717, 1.165) is 56.0 Å². The second-order valence-electron chi connectivity index (χ2n) is 8.18. The Morgan fingerprint density at radius 2 is 1.79 bits per heavy atom. The van der Waals surface area contributed by atoms with Crippen molar-refractivity contribution < 1.29 is 9.59 Å². The van der Waals surface area contributed by atoms with E-state index in [-0.39, 0.29) is 17.7 Å². The van der Waals surface area contributed by atoms with Gasteiger partial charge in [0.1, 0.15) is 5.69 Å². The molecule has 2 aliphatic heterocycles. The third-order valence-corrected chi connectivity index (χ3v) is 6.14. The normalized spacial score (nSPS) is 20.3. The van der Waals surface area contributed by atoms with Gasteiger partial charge in [0.2, 0.25) is 11.8 Å². The van der Waals surface area contributed by atoms with E-state index < -0.39 is 0 Å². The van der Waals surface area contributed by atoms with Crippen molar-refractivity contribution >= 4 is 11.8 Å². The highest BCUT2D eigenvalue weighted by Crippen LogP contribution is 2.26. The van der Waals surface area contributed by atoms with E-state index in [2.05, 4.69) is 15.0 Å². The highest BCUT2D eigenvalue weighted by molar-refractivity contribution is 5.80. The molecule has 4 rings (SSSR count). The number of amides is 2. The van der Waals surface area contributed by atoms with Crippen molar-refractivity contribution in [3.63, 3.8) is 0 Å². The second-order valence-corrected chi connectivity index (χ2v) is 8.18. The van der Waals surface area contributed by atoms with Gasteiger partial charge < -0.3 is 14.4 Å². The lowest BCUT2D eigenvalue weighted by molar-refractivity contribution is -0.139. The number of aryl methyl sites for hydroxylation is 1. The van der Waals surface area contributed by atoms with Gasteiger partial charge in [0.15, 0.2) is 5.82 Å². The fourth-order valence-corrected chi connectivity index (χ4v) is 4.38. The number of nitrogens with zero attached hydrogens (tertiary/aromatic N) is 6. The molecule has 0 bridgehead atoms. The summed E-state index contributed by atoms with van der Waals surface area (Å²) in [4.78, 5) is 41.6. The van der Waals surface area contributed by atoms with Crippen molar-refractivity contribution in [3.05, 3.63) is 30.5 Å². The number of hydrogen-bond acceptors (Lipinski definition) is 5. The van der Waals surface area contributed by atoms with Crippen LogP contribution in [0, 0.1) is 11.8 Å². The van der Waals surface area contributed by atoms with Crippen molar-refractivity contribution in [1.29, 1.82) is 0 Å². The molecule has 2 saturated heterocycles. The van der Waals surface area contributed by atoms with Gasteiger partial charge in [-0.05, 0) is 31.6 Å². The first-order valence-electron chi connectivity index (χ1n) is 10.3. The molecule has 0 saturated carbocycles. The molecule has 8 heteroatoms. The fraction of sp³-hybridized carbons (Fsp3) is 0.571. The van der Waals surface area contributed by atoms with Gasteiger partial charge in [0.25, 0.3) is 0 Å². The Morgan fingerprint density at radius 3 is 2.41 bits per heavy atom. The molecule has 2 aromatic heterocycles. The maximum atomic E-state index is 12.9. The smallest absolute Gasteiger partial charge is 0.225 e. The number of carbonyl (C=O) groups is 2. The number of likely N-dealkylation sites (tertiary alicyclic amines) is 2. The predicted octanol–water partition coefficient (Wildman–Crippen LogP) is 1.53. The third kappa shape index (κ3) is 4.31. The third-order valence-electron chi connectivity index (χ3n) is 6.14. The molecular formula is C21H28N6O2. The largest absolute Gasteiger partial charge is 0.343 e. The lowest BCUT2D eigenvalue weighted by Gasteiger charge is -2.32. The molecule has 154 valence electrons. The van der Waals surface area contributed by atoms with Crippen molar-refractivity contribution in [2.75, 3.05) is 26.2 Å². The highest BCUT2D eigenvalue weighted by Gasteiger charge is 2.33. The van der Waals surface area contributed by atoms with Crippen LogP contribution in [0.3, 0.4) is 0 Å². The summed E-state index contributed by atoms with van der Waals surface area (Å²) < 4.78 is 1.92. The van der Waals surface area contributed by atoms with Gasteiger partial charge in [-0.3, -0.25) is 14.6 Å². The van der Waals surface area contributed by atoms with E-state index in [0.29, 0.717) is 19.0 Å². The standard InChI is InChI=1S/C21H28N6O2/c1-15(28)26-8-4-17(5-9-26)21(29)27-7-3-16(14-27)11-18-12-24-19(13-23-18)20-22-6-10-25(20)2/h6,10,12-13,16-17H,3-5,7-9,11,14H2,1-2H3/t16-/m0/s1. The number of carbonyl (C=O) groups excluding carboxylic acids is 2. The van der Waals surface area contributed by atoms with Gasteiger partial charge in [-0.15, -0.1) is 0 Å². The average molecular weight is 396 g/mol. The minimum Gasteiger partial charge on any atom is -0.343 e. The molecule has 0 aromatic carbocycles. The lowest BCUT2D eigenvalue weighted by Crippen LogP contribution is -2.43. The summed E-state index contributed by atoms with van der Waals surface area (Å²) in [6.07, 6.45) is 10.6. The number of aromatic nitrogens is 4. The van der Waals surface area contributed by atoms with Crippen LogP contribution >= 0.6 is 0 Å². The monoisotopic (exact) mass is 396 g/mol. The van der Waals surface area contributed by atoms with Gasteiger partial charge in [-0.1, -0.05) is 0 Å². The number of imidazole rings is 1. The van der Waals surface area contributed by atoms with E-state index in [1.165, 1.54) is 0 Å². The van der Waals surface area contributed by atoms with Gasteiger partial charge in [0.05, 0.1) is 11.9 Å². The molecule has 2 amide bonds. The lowest BCUT2D eigenvalue weighted by atomic mass is 9.95.